The molecule has 0 radical (unpaired) electrons. The van der Waals surface area contributed by atoms with Gasteiger partial charge in [0.1, 0.15) is 0 Å². The second kappa shape index (κ2) is 7.30. The molecule has 0 aliphatic heterocycles. The van der Waals surface area contributed by atoms with Crippen molar-refractivity contribution in [3.8, 4) is 11.5 Å². The molecule has 0 amide bonds. The van der Waals surface area contributed by atoms with E-state index < -0.39 is 0 Å². The third-order valence-corrected chi connectivity index (χ3v) is 4.24. The molecule has 1 heterocycles. The maximum atomic E-state index is 6.24. The van der Waals surface area contributed by atoms with E-state index in [1.165, 1.54) is 0 Å². The van der Waals surface area contributed by atoms with Crippen LogP contribution in [0, 0.1) is 0 Å². The summed E-state index contributed by atoms with van der Waals surface area (Å²) in [7, 11) is 3.26. The molecule has 25 heavy (non-hydrogen) atoms. The molecule has 5 nitrogen and oxygen atoms in total. The number of ether oxygens (including phenoxy) is 2. The molecule has 0 unspecified atom stereocenters. The van der Waals surface area contributed by atoms with Crippen LogP contribution >= 0.6 is 0 Å². The van der Waals surface area contributed by atoms with Crippen LogP contribution in [0.25, 0.3) is 10.9 Å². The molecule has 2 aromatic carbocycles. The van der Waals surface area contributed by atoms with E-state index in [9.17, 15) is 0 Å². The first-order chi connectivity index (χ1) is 12.2. The monoisotopic (exact) mass is 337 g/mol. The average molecular weight is 337 g/mol. The largest absolute Gasteiger partial charge is 0.493 e. The third kappa shape index (κ3) is 3.45. The highest BCUT2D eigenvalue weighted by molar-refractivity contribution is 5.86. The lowest BCUT2D eigenvalue weighted by Crippen LogP contribution is -2.01. The lowest BCUT2D eigenvalue weighted by molar-refractivity contribution is 0.356. The number of hydrogen-bond acceptors (Lipinski definition) is 5. The van der Waals surface area contributed by atoms with E-state index in [-0.39, 0.29) is 0 Å². The van der Waals surface area contributed by atoms with Gasteiger partial charge in [0.05, 0.1) is 19.7 Å². The Morgan fingerprint density at radius 3 is 2.44 bits per heavy atom. The average Bonchev–Trinajstić information content (AvgIpc) is 2.63. The second-order valence-electron chi connectivity index (χ2n) is 5.82. The van der Waals surface area contributed by atoms with Gasteiger partial charge in [0, 0.05) is 42.0 Å². The number of rotatable bonds is 6. The lowest BCUT2D eigenvalue weighted by atomic mass is 9.99. The highest BCUT2D eigenvalue weighted by atomic mass is 16.5. The minimum Gasteiger partial charge on any atom is -0.493 e. The van der Waals surface area contributed by atoms with Gasteiger partial charge >= 0.3 is 0 Å². The number of benzene rings is 2. The predicted octanol–water partition coefficient (Wildman–Crippen LogP) is 3.86. The summed E-state index contributed by atoms with van der Waals surface area (Å²) in [6.07, 6.45) is 2.54. The van der Waals surface area contributed by atoms with Crippen LogP contribution < -0.4 is 20.5 Å². The zero-order valence-electron chi connectivity index (χ0n) is 14.8. The van der Waals surface area contributed by atoms with E-state index in [1.807, 2.05) is 30.5 Å². The van der Waals surface area contributed by atoms with Gasteiger partial charge in [0.2, 0.25) is 0 Å². The normalized spacial score (nSPS) is 10.7. The fourth-order valence-corrected chi connectivity index (χ4v) is 2.96. The van der Waals surface area contributed by atoms with Crippen LogP contribution in [0.5, 0.6) is 11.5 Å². The molecule has 0 aliphatic carbocycles. The van der Waals surface area contributed by atoms with Crippen LogP contribution in [0.3, 0.4) is 0 Å². The van der Waals surface area contributed by atoms with E-state index in [1.54, 1.807) is 14.2 Å². The Kier molecular flexibility index (Phi) is 4.93. The van der Waals surface area contributed by atoms with E-state index in [4.69, 9.17) is 15.2 Å². The van der Waals surface area contributed by atoms with E-state index in [0.717, 1.165) is 46.4 Å². The van der Waals surface area contributed by atoms with Crippen LogP contribution in [0.15, 0.2) is 42.6 Å². The number of aromatic nitrogens is 1. The van der Waals surface area contributed by atoms with Gasteiger partial charge in [-0.2, -0.15) is 0 Å². The number of nitrogens with one attached hydrogen (secondary N) is 1. The molecular formula is C20H23N3O2. The number of pyridine rings is 1. The summed E-state index contributed by atoms with van der Waals surface area (Å²) in [4.78, 5) is 4.45. The summed E-state index contributed by atoms with van der Waals surface area (Å²) in [5, 5.41) is 4.31. The maximum absolute atomic E-state index is 6.24. The molecule has 5 heteroatoms. The van der Waals surface area contributed by atoms with Crippen molar-refractivity contribution in [2.45, 2.75) is 13.3 Å². The van der Waals surface area contributed by atoms with Crippen LogP contribution in [-0.4, -0.2) is 25.7 Å². The van der Waals surface area contributed by atoms with Gasteiger partial charge in [0.15, 0.2) is 11.5 Å². The number of anilines is 2. The SMILES string of the molecule is CCNc1ccc(Cc2ccnc3cc(OC)c(OC)cc23)c(N)c1. The minimum absolute atomic E-state index is 0.675. The first-order valence-corrected chi connectivity index (χ1v) is 8.28. The Labute approximate surface area is 147 Å². The molecule has 0 fully saturated rings. The van der Waals surface area contributed by atoms with E-state index >= 15 is 0 Å². The van der Waals surface area contributed by atoms with Gasteiger partial charge in [-0.05, 0) is 42.3 Å². The summed E-state index contributed by atoms with van der Waals surface area (Å²) >= 11 is 0. The van der Waals surface area contributed by atoms with Crippen molar-refractivity contribution in [1.29, 1.82) is 0 Å². The van der Waals surface area contributed by atoms with E-state index in [0.29, 0.717) is 11.5 Å². The summed E-state index contributed by atoms with van der Waals surface area (Å²) in [6.45, 7) is 2.93. The van der Waals surface area contributed by atoms with Crippen molar-refractivity contribution < 1.29 is 9.47 Å². The molecule has 3 aromatic rings. The third-order valence-electron chi connectivity index (χ3n) is 4.24. The Morgan fingerprint density at radius 1 is 1.00 bits per heavy atom. The molecule has 0 saturated heterocycles. The van der Waals surface area contributed by atoms with Crippen molar-refractivity contribution in [3.05, 3.63) is 53.7 Å². The van der Waals surface area contributed by atoms with Crippen molar-refractivity contribution in [2.75, 3.05) is 31.8 Å². The number of nitrogens with zero attached hydrogens (tertiary/aromatic N) is 1. The Balaban J connectivity index is 2.01. The molecular weight excluding hydrogens is 314 g/mol. The fraction of sp³-hybridized carbons (Fsp3) is 0.250. The number of nitrogens with two attached hydrogens (primary N) is 1. The number of hydrogen-bond donors (Lipinski definition) is 2. The van der Waals surface area contributed by atoms with Gasteiger partial charge in [-0.25, -0.2) is 0 Å². The smallest absolute Gasteiger partial charge is 0.162 e. The van der Waals surface area contributed by atoms with Crippen LogP contribution in [-0.2, 0) is 6.42 Å². The van der Waals surface area contributed by atoms with Crippen molar-refractivity contribution in [1.82, 2.24) is 4.98 Å². The number of methoxy groups -OCH3 is 2. The van der Waals surface area contributed by atoms with Crippen LogP contribution in [0.2, 0.25) is 0 Å². The molecule has 0 aliphatic rings. The topological polar surface area (TPSA) is 69.4 Å². The standard InChI is InChI=1S/C20H23N3O2/c1-4-22-15-6-5-14(17(21)10-15)9-13-7-8-23-18-12-20(25-3)19(24-2)11-16(13)18/h5-8,10-12,22H,4,9,21H2,1-3H3. The molecule has 1 aromatic heterocycles. The molecule has 0 atom stereocenters. The van der Waals surface area contributed by atoms with Crippen LogP contribution in [0.1, 0.15) is 18.1 Å². The molecule has 0 spiro atoms. The minimum atomic E-state index is 0.675. The Hall–Kier alpha value is -2.95. The fourth-order valence-electron chi connectivity index (χ4n) is 2.96. The zero-order valence-corrected chi connectivity index (χ0v) is 14.8. The zero-order chi connectivity index (χ0) is 17.8. The van der Waals surface area contributed by atoms with Gasteiger partial charge in [-0.1, -0.05) is 6.07 Å². The summed E-state index contributed by atoms with van der Waals surface area (Å²) < 4.78 is 10.8. The summed E-state index contributed by atoms with van der Waals surface area (Å²) in [6, 6.07) is 12.0. The van der Waals surface area contributed by atoms with Gasteiger partial charge in [-0.15, -0.1) is 0 Å². The summed E-state index contributed by atoms with van der Waals surface area (Å²) in [5.74, 6) is 1.37. The molecule has 3 rings (SSSR count). The first-order valence-electron chi connectivity index (χ1n) is 8.28. The highest BCUT2D eigenvalue weighted by Crippen LogP contribution is 2.33. The number of nitrogen functional groups attached to an aromatic ring is 1. The van der Waals surface area contributed by atoms with Crippen molar-refractivity contribution in [2.24, 2.45) is 0 Å². The van der Waals surface area contributed by atoms with Crippen LogP contribution in [0.4, 0.5) is 11.4 Å². The highest BCUT2D eigenvalue weighted by Gasteiger charge is 2.11. The first kappa shape index (κ1) is 16.9. The van der Waals surface area contributed by atoms with Crippen molar-refractivity contribution in [3.63, 3.8) is 0 Å². The molecule has 0 saturated carbocycles. The van der Waals surface area contributed by atoms with Gasteiger partial charge < -0.3 is 20.5 Å². The molecule has 3 N–H and O–H groups in total. The predicted molar refractivity (Wildman–Crippen MR) is 103 cm³/mol. The number of fused-ring (bicyclic) bond motifs is 1. The Bertz CT molecular complexity index is 893. The Morgan fingerprint density at radius 2 is 1.76 bits per heavy atom. The van der Waals surface area contributed by atoms with Gasteiger partial charge in [0.25, 0.3) is 0 Å². The molecule has 0 bridgehead atoms. The lowest BCUT2D eigenvalue weighted by Gasteiger charge is -2.13. The molecule has 130 valence electrons. The second-order valence-corrected chi connectivity index (χ2v) is 5.82. The maximum Gasteiger partial charge on any atom is 0.162 e. The van der Waals surface area contributed by atoms with Crippen molar-refractivity contribution >= 4 is 22.3 Å². The van der Waals surface area contributed by atoms with Gasteiger partial charge in [-0.3, -0.25) is 4.98 Å². The quantitative estimate of drug-likeness (QED) is 0.669. The van der Waals surface area contributed by atoms with E-state index in [2.05, 4.69) is 29.4 Å². The summed E-state index contributed by atoms with van der Waals surface area (Å²) in [5.41, 5.74) is 11.2.